The molecule has 0 radical (unpaired) electrons. The van der Waals surface area contributed by atoms with Gasteiger partial charge in [0, 0.05) is 23.0 Å². The fourth-order valence-electron chi connectivity index (χ4n) is 3.05. The molecule has 0 saturated heterocycles. The Labute approximate surface area is 138 Å². The van der Waals surface area contributed by atoms with Crippen molar-refractivity contribution >= 4 is 11.6 Å². The number of hydrogen-bond donors (Lipinski definition) is 0. The third kappa shape index (κ3) is 3.32. The van der Waals surface area contributed by atoms with Crippen LogP contribution in [-0.2, 0) is 0 Å². The van der Waals surface area contributed by atoms with E-state index in [1.54, 1.807) is 0 Å². The monoisotopic (exact) mass is 326 g/mol. The quantitative estimate of drug-likeness (QED) is 0.607. The van der Waals surface area contributed by atoms with Crippen LogP contribution < -0.4 is 0 Å². The highest BCUT2D eigenvalue weighted by Gasteiger charge is 2.34. The van der Waals surface area contributed by atoms with Crippen molar-refractivity contribution < 1.29 is 18.4 Å². The Morgan fingerprint density at radius 1 is 0.667 bits per heavy atom. The van der Waals surface area contributed by atoms with E-state index in [9.17, 15) is 18.4 Å². The SMILES string of the molecule is O=C(c1ccc(F)cc1)[C@H]1CC=CC[C@@H]1C(=O)c1ccc(F)cc1. The Kier molecular flexibility index (Phi) is 4.65. The van der Waals surface area contributed by atoms with Crippen molar-refractivity contribution in [3.05, 3.63) is 83.4 Å². The van der Waals surface area contributed by atoms with Gasteiger partial charge in [-0.05, 0) is 61.4 Å². The van der Waals surface area contributed by atoms with Crippen molar-refractivity contribution in [2.24, 2.45) is 11.8 Å². The lowest BCUT2D eigenvalue weighted by Crippen LogP contribution is -2.31. The molecule has 2 aromatic carbocycles. The van der Waals surface area contributed by atoms with E-state index in [0.29, 0.717) is 24.0 Å². The lowest BCUT2D eigenvalue weighted by Gasteiger charge is -2.26. The van der Waals surface area contributed by atoms with Crippen LogP contribution in [0, 0.1) is 23.5 Å². The minimum Gasteiger partial charge on any atom is -0.294 e. The Hall–Kier alpha value is -2.62. The molecule has 0 aromatic heterocycles. The molecule has 1 aliphatic rings. The first-order chi connectivity index (χ1) is 11.6. The summed E-state index contributed by atoms with van der Waals surface area (Å²) in [6, 6.07) is 10.7. The van der Waals surface area contributed by atoms with Crippen LogP contribution in [0.15, 0.2) is 60.7 Å². The van der Waals surface area contributed by atoms with Crippen molar-refractivity contribution in [3.63, 3.8) is 0 Å². The molecule has 1 aliphatic carbocycles. The number of hydrogen-bond acceptors (Lipinski definition) is 2. The van der Waals surface area contributed by atoms with E-state index in [0.717, 1.165) is 0 Å². The minimum atomic E-state index is -0.488. The number of Topliss-reactive ketones (excluding diaryl/α,β-unsaturated/α-hetero) is 2. The van der Waals surface area contributed by atoms with Crippen LogP contribution in [0.25, 0.3) is 0 Å². The fourth-order valence-corrected chi connectivity index (χ4v) is 3.05. The third-order valence-electron chi connectivity index (χ3n) is 4.36. The second-order valence-electron chi connectivity index (χ2n) is 5.90. The van der Waals surface area contributed by atoms with Crippen molar-refractivity contribution in [2.45, 2.75) is 12.8 Å². The van der Waals surface area contributed by atoms with E-state index in [1.807, 2.05) is 12.2 Å². The van der Waals surface area contributed by atoms with Crippen LogP contribution in [0.5, 0.6) is 0 Å². The molecule has 0 fully saturated rings. The Morgan fingerprint density at radius 3 is 1.33 bits per heavy atom. The second-order valence-corrected chi connectivity index (χ2v) is 5.90. The number of benzene rings is 2. The molecule has 0 spiro atoms. The summed E-state index contributed by atoms with van der Waals surface area (Å²) in [6.07, 6.45) is 4.71. The molecular weight excluding hydrogens is 310 g/mol. The molecule has 0 saturated carbocycles. The summed E-state index contributed by atoms with van der Waals surface area (Å²) in [5, 5.41) is 0. The first-order valence-corrected chi connectivity index (χ1v) is 7.81. The fraction of sp³-hybridized carbons (Fsp3) is 0.200. The van der Waals surface area contributed by atoms with E-state index in [4.69, 9.17) is 0 Å². The molecule has 24 heavy (non-hydrogen) atoms. The van der Waals surface area contributed by atoms with Crippen molar-refractivity contribution in [3.8, 4) is 0 Å². The van der Waals surface area contributed by atoms with E-state index < -0.39 is 23.5 Å². The predicted octanol–water partition coefficient (Wildman–Crippen LogP) is 4.61. The van der Waals surface area contributed by atoms with Gasteiger partial charge in [0.05, 0.1) is 0 Å². The summed E-state index contributed by atoms with van der Waals surface area (Å²) >= 11 is 0. The number of carbonyl (C=O) groups excluding carboxylic acids is 2. The smallest absolute Gasteiger partial charge is 0.167 e. The van der Waals surface area contributed by atoms with Gasteiger partial charge >= 0.3 is 0 Å². The molecule has 0 aliphatic heterocycles. The highest BCUT2D eigenvalue weighted by atomic mass is 19.1. The normalized spacial score (nSPS) is 19.9. The molecule has 122 valence electrons. The lowest BCUT2D eigenvalue weighted by molar-refractivity contribution is 0.0761. The van der Waals surface area contributed by atoms with Gasteiger partial charge in [-0.25, -0.2) is 8.78 Å². The highest BCUT2D eigenvalue weighted by molar-refractivity contribution is 6.05. The van der Waals surface area contributed by atoms with Crippen LogP contribution >= 0.6 is 0 Å². The third-order valence-corrected chi connectivity index (χ3v) is 4.36. The van der Waals surface area contributed by atoms with E-state index >= 15 is 0 Å². The van der Waals surface area contributed by atoms with Crippen molar-refractivity contribution in [1.82, 2.24) is 0 Å². The summed E-state index contributed by atoms with van der Waals surface area (Å²) in [6.45, 7) is 0. The van der Waals surface area contributed by atoms with Gasteiger partial charge in [-0.1, -0.05) is 12.2 Å². The minimum absolute atomic E-state index is 0.167. The maximum absolute atomic E-state index is 13.0. The van der Waals surface area contributed by atoms with Gasteiger partial charge in [-0.15, -0.1) is 0 Å². The number of halogens is 2. The van der Waals surface area contributed by atoms with Crippen molar-refractivity contribution in [2.75, 3.05) is 0 Å². The molecule has 0 amide bonds. The van der Waals surface area contributed by atoms with E-state index in [2.05, 4.69) is 0 Å². The van der Waals surface area contributed by atoms with Crippen LogP contribution in [0.3, 0.4) is 0 Å². The number of ketones is 2. The molecule has 0 heterocycles. The van der Waals surface area contributed by atoms with Gasteiger partial charge in [0.2, 0.25) is 0 Å². The van der Waals surface area contributed by atoms with Gasteiger partial charge < -0.3 is 0 Å². The summed E-state index contributed by atoms with van der Waals surface area (Å²) in [5.41, 5.74) is 0.794. The Bertz CT molecular complexity index is 709. The average molecular weight is 326 g/mol. The topological polar surface area (TPSA) is 34.1 Å². The zero-order valence-electron chi connectivity index (χ0n) is 12.9. The molecular formula is C20H16F2O2. The highest BCUT2D eigenvalue weighted by Crippen LogP contribution is 2.31. The van der Waals surface area contributed by atoms with Crippen LogP contribution in [-0.4, -0.2) is 11.6 Å². The van der Waals surface area contributed by atoms with Crippen LogP contribution in [0.2, 0.25) is 0 Å². The van der Waals surface area contributed by atoms with Gasteiger partial charge in [0.15, 0.2) is 11.6 Å². The molecule has 3 rings (SSSR count). The molecule has 2 atom stereocenters. The maximum Gasteiger partial charge on any atom is 0.167 e. The molecule has 2 nitrogen and oxygen atoms in total. The predicted molar refractivity (Wildman–Crippen MR) is 86.8 cm³/mol. The summed E-state index contributed by atoms with van der Waals surface area (Å²) in [7, 11) is 0. The molecule has 4 heteroatoms. The standard InChI is InChI=1S/C20H16F2O2/c21-15-9-5-13(6-10-15)19(23)17-3-1-2-4-18(17)20(24)14-7-11-16(22)12-8-14/h1-2,5-12,17-18H,3-4H2/t17-,18-/m0/s1. The Morgan fingerprint density at radius 2 is 1.00 bits per heavy atom. The molecule has 0 unspecified atom stereocenters. The first kappa shape index (κ1) is 16.2. The molecule has 0 N–H and O–H groups in total. The zero-order valence-corrected chi connectivity index (χ0v) is 12.9. The average Bonchev–Trinajstić information content (AvgIpc) is 2.62. The number of rotatable bonds is 4. The maximum atomic E-state index is 13.0. The summed E-state index contributed by atoms with van der Waals surface area (Å²) in [5.74, 6) is -2.13. The van der Waals surface area contributed by atoms with Crippen LogP contribution in [0.4, 0.5) is 8.78 Å². The summed E-state index contributed by atoms with van der Waals surface area (Å²) in [4.78, 5) is 25.5. The van der Waals surface area contributed by atoms with Crippen LogP contribution in [0.1, 0.15) is 33.6 Å². The number of carbonyl (C=O) groups is 2. The second kappa shape index (κ2) is 6.87. The van der Waals surface area contributed by atoms with Gasteiger partial charge in [0.1, 0.15) is 11.6 Å². The van der Waals surface area contributed by atoms with Gasteiger partial charge in [-0.3, -0.25) is 9.59 Å². The largest absolute Gasteiger partial charge is 0.294 e. The number of allylic oxidation sites excluding steroid dienone is 2. The molecule has 2 aromatic rings. The zero-order chi connectivity index (χ0) is 17.1. The van der Waals surface area contributed by atoms with Gasteiger partial charge in [0.25, 0.3) is 0 Å². The first-order valence-electron chi connectivity index (χ1n) is 7.81. The van der Waals surface area contributed by atoms with E-state index in [-0.39, 0.29) is 11.6 Å². The lowest BCUT2D eigenvalue weighted by atomic mass is 9.75. The molecule has 0 bridgehead atoms. The van der Waals surface area contributed by atoms with Crippen molar-refractivity contribution in [1.29, 1.82) is 0 Å². The van der Waals surface area contributed by atoms with Gasteiger partial charge in [-0.2, -0.15) is 0 Å². The summed E-state index contributed by atoms with van der Waals surface area (Å²) < 4.78 is 26.1. The van der Waals surface area contributed by atoms with E-state index in [1.165, 1.54) is 48.5 Å². The Balaban J connectivity index is 1.87.